The average Bonchev–Trinajstić information content (AvgIpc) is 3.38. The molecule has 1 fully saturated rings. The predicted octanol–water partition coefficient (Wildman–Crippen LogP) is 6.35. The van der Waals surface area contributed by atoms with Crippen molar-refractivity contribution in [3.05, 3.63) is 105 Å². The molecule has 214 valence electrons. The number of carbonyl (C=O) groups excluding carboxylic acids is 2. The van der Waals surface area contributed by atoms with Gasteiger partial charge in [-0.05, 0) is 53.9 Å². The molecule has 2 aliphatic heterocycles. The SMILES string of the molecule is Cc1cc(C2=NOC(c3cc(Cl)cc(Cl)c3)(C(F)(F)F)C2)ccc1C(=O)N[C@@H]1CON(Cc2ccccc2)C(=O)C1. The molecule has 2 atom stereocenters. The molecule has 0 bridgehead atoms. The third-order valence-corrected chi connectivity index (χ3v) is 7.39. The number of nitrogens with zero attached hydrogens (tertiary/aromatic N) is 2. The second kappa shape index (κ2) is 11.3. The molecule has 1 N–H and O–H groups in total. The van der Waals surface area contributed by atoms with Crippen LogP contribution in [0.4, 0.5) is 13.2 Å². The van der Waals surface area contributed by atoms with E-state index in [1.807, 2.05) is 30.3 Å². The molecular weight excluding hydrogens is 582 g/mol. The van der Waals surface area contributed by atoms with Crippen molar-refractivity contribution in [1.29, 1.82) is 0 Å². The largest absolute Gasteiger partial charge is 0.435 e. The highest BCUT2D eigenvalue weighted by Crippen LogP contribution is 2.49. The maximum atomic E-state index is 14.3. The highest BCUT2D eigenvalue weighted by molar-refractivity contribution is 6.34. The van der Waals surface area contributed by atoms with E-state index in [1.54, 1.807) is 13.0 Å². The normalized spacial score (nSPS) is 20.9. The molecule has 0 spiro atoms. The van der Waals surface area contributed by atoms with Gasteiger partial charge in [0.25, 0.3) is 11.5 Å². The van der Waals surface area contributed by atoms with Gasteiger partial charge in [0.15, 0.2) is 0 Å². The van der Waals surface area contributed by atoms with Crippen LogP contribution in [-0.2, 0) is 26.6 Å². The Hall–Kier alpha value is -3.60. The maximum Gasteiger partial charge on any atom is 0.435 e. The Labute approximate surface area is 243 Å². The molecular formula is C29H24Cl2F3N3O4. The molecule has 1 saturated heterocycles. The Morgan fingerprint density at radius 2 is 1.80 bits per heavy atom. The molecule has 5 rings (SSSR count). The highest BCUT2D eigenvalue weighted by Gasteiger charge is 2.62. The van der Waals surface area contributed by atoms with Crippen molar-refractivity contribution in [2.75, 3.05) is 6.61 Å². The van der Waals surface area contributed by atoms with Crippen LogP contribution in [0.1, 0.15) is 45.5 Å². The molecule has 41 heavy (non-hydrogen) atoms. The summed E-state index contributed by atoms with van der Waals surface area (Å²) in [7, 11) is 0. The van der Waals surface area contributed by atoms with Gasteiger partial charge in [0.2, 0.25) is 5.91 Å². The molecule has 3 aromatic carbocycles. The fourth-order valence-electron chi connectivity index (χ4n) is 4.81. The number of nitrogens with one attached hydrogen (secondary N) is 1. The summed E-state index contributed by atoms with van der Waals surface area (Å²) in [6.07, 6.45) is -5.37. The Bertz CT molecular complexity index is 1500. The van der Waals surface area contributed by atoms with Gasteiger partial charge in [-0.15, -0.1) is 0 Å². The van der Waals surface area contributed by atoms with E-state index < -0.39 is 30.1 Å². The van der Waals surface area contributed by atoms with Gasteiger partial charge in [0, 0.05) is 27.6 Å². The van der Waals surface area contributed by atoms with Crippen LogP contribution in [0.5, 0.6) is 0 Å². The van der Waals surface area contributed by atoms with E-state index in [1.165, 1.54) is 23.3 Å². The molecule has 2 amide bonds. The van der Waals surface area contributed by atoms with Crippen molar-refractivity contribution < 1.29 is 32.4 Å². The first-order valence-electron chi connectivity index (χ1n) is 12.6. The molecule has 0 aromatic heterocycles. The molecule has 12 heteroatoms. The lowest BCUT2D eigenvalue weighted by atomic mass is 9.86. The molecule has 2 heterocycles. The summed E-state index contributed by atoms with van der Waals surface area (Å²) in [5.74, 6) is -0.694. The number of amides is 2. The van der Waals surface area contributed by atoms with E-state index in [0.29, 0.717) is 23.2 Å². The van der Waals surface area contributed by atoms with E-state index in [4.69, 9.17) is 32.9 Å². The first-order valence-corrected chi connectivity index (χ1v) is 13.4. The number of carbonyl (C=O) groups is 2. The van der Waals surface area contributed by atoms with Crippen LogP contribution in [0.3, 0.4) is 0 Å². The van der Waals surface area contributed by atoms with Crippen molar-refractivity contribution in [2.24, 2.45) is 5.16 Å². The van der Waals surface area contributed by atoms with Crippen molar-refractivity contribution >= 4 is 40.7 Å². The number of rotatable bonds is 6. The fourth-order valence-corrected chi connectivity index (χ4v) is 5.33. The van der Waals surface area contributed by atoms with Gasteiger partial charge in [-0.1, -0.05) is 64.8 Å². The number of halogens is 5. The molecule has 3 aromatic rings. The zero-order valence-electron chi connectivity index (χ0n) is 21.7. The Morgan fingerprint density at radius 1 is 1.10 bits per heavy atom. The smallest absolute Gasteiger partial charge is 0.374 e. The van der Waals surface area contributed by atoms with Gasteiger partial charge in [-0.3, -0.25) is 14.4 Å². The van der Waals surface area contributed by atoms with Crippen LogP contribution in [-0.4, -0.2) is 41.4 Å². The third kappa shape index (κ3) is 6.05. The van der Waals surface area contributed by atoms with E-state index >= 15 is 0 Å². The number of oxime groups is 1. The zero-order valence-corrected chi connectivity index (χ0v) is 23.2. The number of hydrogen-bond donors (Lipinski definition) is 1. The van der Waals surface area contributed by atoms with Gasteiger partial charge in [0.1, 0.15) is 0 Å². The lowest BCUT2D eigenvalue weighted by molar-refractivity contribution is -0.275. The fraction of sp³-hybridized carbons (Fsp3) is 0.276. The number of hydroxylamine groups is 2. The van der Waals surface area contributed by atoms with E-state index in [9.17, 15) is 22.8 Å². The Balaban J connectivity index is 1.26. The molecule has 2 aliphatic rings. The monoisotopic (exact) mass is 605 g/mol. The minimum absolute atomic E-state index is 0.0355. The van der Waals surface area contributed by atoms with Crippen LogP contribution in [0.15, 0.2) is 71.9 Å². The van der Waals surface area contributed by atoms with E-state index in [2.05, 4.69) is 10.5 Å². The Morgan fingerprint density at radius 3 is 2.44 bits per heavy atom. The minimum atomic E-state index is -4.82. The summed E-state index contributed by atoms with van der Waals surface area (Å²) in [6.45, 7) is 2.07. The van der Waals surface area contributed by atoms with Gasteiger partial charge < -0.3 is 10.2 Å². The second-order valence-corrected chi connectivity index (χ2v) is 10.8. The standard InChI is InChI=1S/C29H24Cl2F3N3O4/c1-17-9-19(25-14-28(41-36-25,29(32,33)34)20-10-21(30)12-22(31)11-20)7-8-24(17)27(39)35-23-13-26(38)37(40-16-23)15-18-5-3-2-4-6-18/h2-12,23H,13-16H2,1H3,(H,35,39)/t23-,28?/m0/s1. The summed E-state index contributed by atoms with van der Waals surface area (Å²) in [5.41, 5.74) is -0.879. The van der Waals surface area contributed by atoms with Gasteiger partial charge >= 0.3 is 6.18 Å². The quantitative estimate of drug-likeness (QED) is 0.355. The summed E-state index contributed by atoms with van der Waals surface area (Å²) in [6, 6.07) is 17.1. The van der Waals surface area contributed by atoms with Crippen LogP contribution in [0.2, 0.25) is 10.0 Å². The first-order chi connectivity index (χ1) is 19.4. The van der Waals surface area contributed by atoms with Crippen molar-refractivity contribution in [1.82, 2.24) is 10.4 Å². The second-order valence-electron chi connectivity index (χ2n) is 9.90. The van der Waals surface area contributed by atoms with E-state index in [-0.39, 0.29) is 40.3 Å². The van der Waals surface area contributed by atoms with Crippen molar-refractivity contribution in [3.8, 4) is 0 Å². The average molecular weight is 606 g/mol. The molecule has 7 nitrogen and oxygen atoms in total. The van der Waals surface area contributed by atoms with Gasteiger partial charge in [0.05, 0.1) is 31.3 Å². The van der Waals surface area contributed by atoms with Gasteiger partial charge in [-0.25, -0.2) is 5.06 Å². The summed E-state index contributed by atoms with van der Waals surface area (Å²) in [4.78, 5) is 36.2. The minimum Gasteiger partial charge on any atom is -0.374 e. The number of aryl methyl sites for hydroxylation is 1. The molecule has 0 aliphatic carbocycles. The Kier molecular flexibility index (Phi) is 8.00. The highest BCUT2D eigenvalue weighted by atomic mass is 35.5. The third-order valence-electron chi connectivity index (χ3n) is 6.95. The predicted molar refractivity (Wildman–Crippen MR) is 146 cm³/mol. The lowest BCUT2D eigenvalue weighted by Gasteiger charge is -2.31. The zero-order chi connectivity index (χ0) is 29.4. The van der Waals surface area contributed by atoms with Crippen LogP contribution in [0, 0.1) is 6.92 Å². The van der Waals surface area contributed by atoms with E-state index in [0.717, 1.165) is 17.7 Å². The first kappa shape index (κ1) is 28.9. The summed E-state index contributed by atoms with van der Waals surface area (Å²) < 4.78 is 42.9. The van der Waals surface area contributed by atoms with Gasteiger partial charge in [-0.2, -0.15) is 13.2 Å². The lowest BCUT2D eigenvalue weighted by Crippen LogP contribution is -2.49. The maximum absolute atomic E-state index is 14.3. The topological polar surface area (TPSA) is 80.2 Å². The number of benzene rings is 3. The number of hydrogen-bond acceptors (Lipinski definition) is 5. The van der Waals surface area contributed by atoms with Crippen molar-refractivity contribution in [2.45, 2.75) is 44.1 Å². The number of alkyl halides is 3. The van der Waals surface area contributed by atoms with Crippen LogP contribution in [0.25, 0.3) is 0 Å². The molecule has 1 unspecified atom stereocenters. The van der Waals surface area contributed by atoms with Crippen LogP contribution < -0.4 is 5.32 Å². The van der Waals surface area contributed by atoms with Crippen LogP contribution >= 0.6 is 23.2 Å². The summed E-state index contributed by atoms with van der Waals surface area (Å²) >= 11 is 11.9. The molecule has 0 radical (unpaired) electrons. The molecule has 0 saturated carbocycles. The summed E-state index contributed by atoms with van der Waals surface area (Å²) in [5, 5.41) is 7.92. The van der Waals surface area contributed by atoms with Crippen molar-refractivity contribution in [3.63, 3.8) is 0 Å².